The first kappa shape index (κ1) is 23.4. The number of halogens is 1. The zero-order valence-electron chi connectivity index (χ0n) is 18.8. The molecule has 2 atom stereocenters. The molecule has 0 radical (unpaired) electrons. The molecule has 2 unspecified atom stereocenters. The molecule has 2 heterocycles. The maximum absolute atomic E-state index is 13.6. The van der Waals surface area contributed by atoms with Crippen molar-refractivity contribution in [3.63, 3.8) is 0 Å². The van der Waals surface area contributed by atoms with Crippen LogP contribution in [0.25, 0.3) is 0 Å². The van der Waals surface area contributed by atoms with Gasteiger partial charge in [0, 0.05) is 36.8 Å². The van der Waals surface area contributed by atoms with Gasteiger partial charge in [-0.1, -0.05) is 23.7 Å². The van der Waals surface area contributed by atoms with Crippen molar-refractivity contribution in [1.82, 2.24) is 9.80 Å². The first-order valence-corrected chi connectivity index (χ1v) is 11.4. The Hall–Kier alpha value is -2.74. The molecule has 0 saturated carbocycles. The van der Waals surface area contributed by atoms with E-state index in [0.29, 0.717) is 53.8 Å². The molecule has 2 aromatic rings. The summed E-state index contributed by atoms with van der Waals surface area (Å²) in [5.41, 5.74) is 1.82. The number of nitrogens with zero attached hydrogens (tertiary/aromatic N) is 2. The quantitative estimate of drug-likeness (QED) is 0.352. The van der Waals surface area contributed by atoms with Crippen LogP contribution in [0.5, 0.6) is 5.75 Å². The Labute approximate surface area is 198 Å². The van der Waals surface area contributed by atoms with E-state index in [1.54, 1.807) is 61.4 Å². The molecule has 174 valence electrons. The second kappa shape index (κ2) is 10.0. The van der Waals surface area contributed by atoms with Crippen molar-refractivity contribution in [3.8, 4) is 5.75 Å². The fourth-order valence-electron chi connectivity index (χ4n) is 4.54. The summed E-state index contributed by atoms with van der Waals surface area (Å²) in [6.45, 7) is 5.59. The lowest BCUT2D eigenvalue weighted by Gasteiger charge is -2.31. The highest BCUT2D eigenvalue weighted by Gasteiger charge is 2.51. The standard InChI is InChI=1S/C25H27ClN2O5/c1-16-15-19(32-2)7-8-20(16)23(29)21-22(17-3-5-18(26)6-4-17)28(25(31)24(21)30)10-9-27-11-13-33-14-12-27/h3-8,15,21-22H,9-14H2,1-2H3. The van der Waals surface area contributed by atoms with E-state index >= 15 is 0 Å². The van der Waals surface area contributed by atoms with E-state index < -0.39 is 23.7 Å². The van der Waals surface area contributed by atoms with Crippen molar-refractivity contribution in [3.05, 3.63) is 64.2 Å². The lowest BCUT2D eigenvalue weighted by molar-refractivity contribution is -0.141. The summed E-state index contributed by atoms with van der Waals surface area (Å²) in [4.78, 5) is 43.6. The van der Waals surface area contributed by atoms with Gasteiger partial charge in [0.15, 0.2) is 5.78 Å². The van der Waals surface area contributed by atoms with Crippen molar-refractivity contribution >= 4 is 29.1 Å². The van der Waals surface area contributed by atoms with Gasteiger partial charge in [-0.3, -0.25) is 19.3 Å². The van der Waals surface area contributed by atoms with Crippen LogP contribution >= 0.6 is 11.6 Å². The van der Waals surface area contributed by atoms with Gasteiger partial charge in [-0.25, -0.2) is 0 Å². The zero-order chi connectivity index (χ0) is 23.5. The number of ketones is 2. The van der Waals surface area contributed by atoms with E-state index in [4.69, 9.17) is 21.1 Å². The number of carbonyl (C=O) groups is 3. The number of ether oxygens (including phenoxy) is 2. The largest absolute Gasteiger partial charge is 0.497 e. The lowest BCUT2D eigenvalue weighted by Crippen LogP contribution is -2.42. The molecule has 8 heteroatoms. The van der Waals surface area contributed by atoms with E-state index in [-0.39, 0.29) is 5.78 Å². The molecule has 2 aliphatic rings. The van der Waals surface area contributed by atoms with E-state index in [9.17, 15) is 14.4 Å². The van der Waals surface area contributed by atoms with Crippen molar-refractivity contribution in [2.75, 3.05) is 46.5 Å². The van der Waals surface area contributed by atoms with Crippen LogP contribution in [0.3, 0.4) is 0 Å². The van der Waals surface area contributed by atoms with Gasteiger partial charge >= 0.3 is 0 Å². The van der Waals surface area contributed by atoms with Gasteiger partial charge in [0.05, 0.1) is 26.4 Å². The number of carbonyl (C=O) groups excluding carboxylic acids is 3. The molecule has 0 N–H and O–H groups in total. The highest BCUT2D eigenvalue weighted by Crippen LogP contribution is 2.39. The molecular weight excluding hydrogens is 444 g/mol. The van der Waals surface area contributed by atoms with Crippen LogP contribution in [-0.4, -0.2) is 73.8 Å². The van der Waals surface area contributed by atoms with Crippen molar-refractivity contribution in [1.29, 1.82) is 0 Å². The number of morpholine rings is 1. The third-order valence-corrected chi connectivity index (χ3v) is 6.61. The first-order chi connectivity index (χ1) is 15.9. The SMILES string of the molecule is COc1ccc(C(=O)C2C(=O)C(=O)N(CCN3CCOCC3)C2c2ccc(Cl)cc2)c(C)c1. The van der Waals surface area contributed by atoms with E-state index in [0.717, 1.165) is 13.1 Å². The normalized spacial score (nSPS) is 21.5. The van der Waals surface area contributed by atoms with Gasteiger partial charge in [-0.15, -0.1) is 0 Å². The highest BCUT2D eigenvalue weighted by atomic mass is 35.5. The molecule has 7 nitrogen and oxygen atoms in total. The van der Waals surface area contributed by atoms with Gasteiger partial charge in [0.1, 0.15) is 11.7 Å². The highest BCUT2D eigenvalue weighted by molar-refractivity contribution is 6.44. The number of Topliss-reactive ketones (excluding diaryl/α,β-unsaturated/α-hetero) is 2. The number of methoxy groups -OCH3 is 1. The van der Waals surface area contributed by atoms with Crippen molar-refractivity contribution in [2.45, 2.75) is 13.0 Å². The number of benzene rings is 2. The summed E-state index contributed by atoms with van der Waals surface area (Å²) in [7, 11) is 1.55. The molecule has 2 aliphatic heterocycles. The summed E-state index contributed by atoms with van der Waals surface area (Å²) >= 11 is 6.07. The zero-order valence-corrected chi connectivity index (χ0v) is 19.5. The number of aryl methyl sites for hydroxylation is 1. The first-order valence-electron chi connectivity index (χ1n) is 11.0. The summed E-state index contributed by atoms with van der Waals surface area (Å²) in [5, 5.41) is 0.545. The van der Waals surface area contributed by atoms with E-state index in [1.807, 2.05) is 0 Å². The van der Waals surface area contributed by atoms with Gasteiger partial charge < -0.3 is 14.4 Å². The second-order valence-corrected chi connectivity index (χ2v) is 8.77. The van der Waals surface area contributed by atoms with Gasteiger partial charge in [-0.2, -0.15) is 0 Å². The Bertz CT molecular complexity index is 1050. The van der Waals surface area contributed by atoms with Crippen LogP contribution < -0.4 is 4.74 Å². The molecule has 2 fully saturated rings. The van der Waals surface area contributed by atoms with E-state index in [2.05, 4.69) is 4.90 Å². The van der Waals surface area contributed by atoms with Crippen molar-refractivity contribution < 1.29 is 23.9 Å². The molecule has 1 amide bonds. The Morgan fingerprint density at radius 1 is 1.09 bits per heavy atom. The number of likely N-dealkylation sites (tertiary alicyclic amines) is 1. The molecule has 0 bridgehead atoms. The topological polar surface area (TPSA) is 76.2 Å². The van der Waals surface area contributed by atoms with Crippen molar-refractivity contribution in [2.24, 2.45) is 5.92 Å². The van der Waals surface area contributed by atoms with Crippen LogP contribution in [0.15, 0.2) is 42.5 Å². The smallest absolute Gasteiger partial charge is 0.291 e. The third kappa shape index (κ3) is 4.81. The minimum Gasteiger partial charge on any atom is -0.497 e. The summed E-state index contributed by atoms with van der Waals surface area (Å²) in [6, 6.07) is 11.4. The van der Waals surface area contributed by atoms with Crippen LogP contribution in [0.2, 0.25) is 5.02 Å². The number of rotatable bonds is 7. The lowest BCUT2D eigenvalue weighted by atomic mass is 9.85. The minimum atomic E-state index is -1.12. The number of amides is 1. The average molecular weight is 471 g/mol. The molecule has 33 heavy (non-hydrogen) atoms. The fraction of sp³-hybridized carbons (Fsp3) is 0.400. The van der Waals surface area contributed by atoms with Crippen LogP contribution in [-0.2, 0) is 14.3 Å². The monoisotopic (exact) mass is 470 g/mol. The molecule has 2 aromatic carbocycles. The Morgan fingerprint density at radius 3 is 2.42 bits per heavy atom. The van der Waals surface area contributed by atoms with E-state index in [1.165, 1.54) is 0 Å². The van der Waals surface area contributed by atoms with Gasteiger partial charge in [-0.05, 0) is 48.4 Å². The summed E-state index contributed by atoms with van der Waals surface area (Å²) in [5.74, 6) is -2.14. The maximum Gasteiger partial charge on any atom is 0.291 e. The summed E-state index contributed by atoms with van der Waals surface area (Å²) in [6.07, 6.45) is 0. The van der Waals surface area contributed by atoms with Crippen LogP contribution in [0.1, 0.15) is 27.5 Å². The number of hydrogen-bond acceptors (Lipinski definition) is 6. The summed E-state index contributed by atoms with van der Waals surface area (Å²) < 4.78 is 10.6. The third-order valence-electron chi connectivity index (χ3n) is 6.36. The average Bonchev–Trinajstić information content (AvgIpc) is 3.08. The Morgan fingerprint density at radius 2 is 1.79 bits per heavy atom. The Kier molecular flexibility index (Phi) is 7.12. The van der Waals surface area contributed by atoms with Gasteiger partial charge in [0.25, 0.3) is 5.91 Å². The predicted molar refractivity (Wildman–Crippen MR) is 124 cm³/mol. The maximum atomic E-state index is 13.6. The molecule has 0 aromatic heterocycles. The fourth-order valence-corrected chi connectivity index (χ4v) is 4.67. The Balaban J connectivity index is 1.67. The molecule has 2 saturated heterocycles. The minimum absolute atomic E-state index is 0.350. The predicted octanol–water partition coefficient (Wildman–Crippen LogP) is 2.94. The number of hydrogen-bond donors (Lipinski definition) is 0. The molecule has 4 rings (SSSR count). The van der Waals surface area contributed by atoms with Crippen LogP contribution in [0, 0.1) is 12.8 Å². The second-order valence-electron chi connectivity index (χ2n) is 8.34. The molecule has 0 spiro atoms. The van der Waals surface area contributed by atoms with Crippen LogP contribution in [0.4, 0.5) is 0 Å². The molecule has 0 aliphatic carbocycles. The van der Waals surface area contributed by atoms with Gasteiger partial charge in [0.2, 0.25) is 5.78 Å². The molecular formula is C25H27ClN2O5.